The van der Waals surface area contributed by atoms with E-state index in [2.05, 4.69) is 22.1 Å². The standard InChI is InChI=1S/C14H15N3O/c1-8-5-9(2)14(18-4)11(6-8)13-12(7-15)16-10(3)17-13/h5-6H,1-4H3,(H,16,17). The van der Waals surface area contributed by atoms with Gasteiger partial charge in [0.1, 0.15) is 17.6 Å². The summed E-state index contributed by atoms with van der Waals surface area (Å²) in [6.45, 7) is 5.84. The lowest BCUT2D eigenvalue weighted by atomic mass is 10.0. The lowest BCUT2D eigenvalue weighted by molar-refractivity contribution is 0.413. The predicted molar refractivity (Wildman–Crippen MR) is 69.5 cm³/mol. The molecule has 0 aliphatic rings. The van der Waals surface area contributed by atoms with Crippen LogP contribution >= 0.6 is 0 Å². The van der Waals surface area contributed by atoms with E-state index in [0.29, 0.717) is 5.69 Å². The number of methoxy groups -OCH3 is 1. The van der Waals surface area contributed by atoms with Crippen molar-refractivity contribution < 1.29 is 4.74 Å². The zero-order valence-electron chi connectivity index (χ0n) is 11.0. The molecule has 0 aliphatic heterocycles. The van der Waals surface area contributed by atoms with Gasteiger partial charge >= 0.3 is 0 Å². The summed E-state index contributed by atoms with van der Waals surface area (Å²) in [4.78, 5) is 7.30. The molecule has 0 aliphatic carbocycles. The highest BCUT2D eigenvalue weighted by Crippen LogP contribution is 2.34. The van der Waals surface area contributed by atoms with Crippen LogP contribution in [0.4, 0.5) is 0 Å². The number of aromatic amines is 1. The van der Waals surface area contributed by atoms with E-state index >= 15 is 0 Å². The van der Waals surface area contributed by atoms with Crippen LogP contribution in [0.15, 0.2) is 12.1 Å². The van der Waals surface area contributed by atoms with Crippen LogP contribution in [0.2, 0.25) is 0 Å². The maximum absolute atomic E-state index is 9.12. The number of aryl methyl sites for hydroxylation is 3. The topological polar surface area (TPSA) is 61.7 Å². The lowest BCUT2D eigenvalue weighted by Gasteiger charge is -2.11. The van der Waals surface area contributed by atoms with Crippen LogP contribution in [0.1, 0.15) is 22.6 Å². The molecular weight excluding hydrogens is 226 g/mol. The molecule has 0 atom stereocenters. The third-order valence-corrected chi connectivity index (χ3v) is 2.82. The van der Waals surface area contributed by atoms with E-state index in [1.807, 2.05) is 26.8 Å². The van der Waals surface area contributed by atoms with Crippen molar-refractivity contribution in [2.75, 3.05) is 7.11 Å². The van der Waals surface area contributed by atoms with Gasteiger partial charge in [0.05, 0.1) is 12.8 Å². The van der Waals surface area contributed by atoms with Crippen LogP contribution in [0, 0.1) is 32.1 Å². The molecule has 0 saturated carbocycles. The molecule has 0 saturated heterocycles. The third kappa shape index (κ3) is 1.95. The molecule has 0 spiro atoms. The number of imidazole rings is 1. The average Bonchev–Trinajstić information content (AvgIpc) is 2.69. The molecule has 1 aromatic carbocycles. The minimum Gasteiger partial charge on any atom is -0.496 e. The van der Waals surface area contributed by atoms with Crippen molar-refractivity contribution in [3.05, 3.63) is 34.8 Å². The Hall–Kier alpha value is -2.28. The number of benzene rings is 1. The maximum Gasteiger partial charge on any atom is 0.166 e. The summed E-state index contributed by atoms with van der Waals surface area (Å²) in [7, 11) is 1.64. The van der Waals surface area contributed by atoms with Gasteiger partial charge in [-0.15, -0.1) is 0 Å². The number of nitriles is 1. The van der Waals surface area contributed by atoms with Gasteiger partial charge in [-0.2, -0.15) is 5.26 Å². The quantitative estimate of drug-likeness (QED) is 0.879. The Bertz CT molecular complexity index is 635. The maximum atomic E-state index is 9.12. The van der Waals surface area contributed by atoms with Gasteiger partial charge in [-0.1, -0.05) is 6.07 Å². The number of hydrogen-bond donors (Lipinski definition) is 1. The summed E-state index contributed by atoms with van der Waals surface area (Å²) in [5.41, 5.74) is 4.17. The molecule has 2 rings (SSSR count). The van der Waals surface area contributed by atoms with Crippen molar-refractivity contribution in [1.82, 2.24) is 9.97 Å². The van der Waals surface area contributed by atoms with Gasteiger partial charge < -0.3 is 9.72 Å². The first-order valence-corrected chi connectivity index (χ1v) is 5.69. The normalized spacial score (nSPS) is 10.2. The minimum atomic E-state index is 0.399. The van der Waals surface area contributed by atoms with Gasteiger partial charge in [-0.3, -0.25) is 0 Å². The van der Waals surface area contributed by atoms with E-state index in [-0.39, 0.29) is 0 Å². The second-order valence-corrected chi connectivity index (χ2v) is 4.32. The fraction of sp³-hybridized carbons (Fsp3) is 0.286. The van der Waals surface area contributed by atoms with Crippen LogP contribution in [0.25, 0.3) is 11.3 Å². The first-order chi connectivity index (χ1) is 8.56. The van der Waals surface area contributed by atoms with Crippen molar-refractivity contribution in [2.45, 2.75) is 20.8 Å². The molecule has 1 N–H and O–H groups in total. The Kier molecular flexibility index (Phi) is 3.07. The van der Waals surface area contributed by atoms with E-state index in [0.717, 1.165) is 34.0 Å². The SMILES string of the molecule is COc1c(C)cc(C)cc1-c1[nH]c(C)nc1C#N. The summed E-state index contributed by atoms with van der Waals surface area (Å²) in [5, 5.41) is 9.12. The summed E-state index contributed by atoms with van der Waals surface area (Å²) in [5.74, 6) is 1.50. The largest absolute Gasteiger partial charge is 0.496 e. The van der Waals surface area contributed by atoms with Crippen LogP contribution in [-0.4, -0.2) is 17.1 Å². The monoisotopic (exact) mass is 241 g/mol. The van der Waals surface area contributed by atoms with Gasteiger partial charge in [0.25, 0.3) is 0 Å². The molecule has 18 heavy (non-hydrogen) atoms. The van der Waals surface area contributed by atoms with E-state index in [1.165, 1.54) is 0 Å². The van der Waals surface area contributed by atoms with Crippen molar-refractivity contribution in [1.29, 1.82) is 5.26 Å². The number of nitrogens with one attached hydrogen (secondary N) is 1. The Labute approximate surface area is 106 Å². The fourth-order valence-electron chi connectivity index (χ4n) is 2.18. The second kappa shape index (κ2) is 4.53. The smallest absolute Gasteiger partial charge is 0.166 e. The number of rotatable bonds is 2. The Morgan fingerprint density at radius 3 is 2.61 bits per heavy atom. The van der Waals surface area contributed by atoms with Crippen molar-refractivity contribution >= 4 is 0 Å². The van der Waals surface area contributed by atoms with E-state index in [1.54, 1.807) is 7.11 Å². The number of ether oxygens (including phenoxy) is 1. The van der Waals surface area contributed by atoms with Gasteiger partial charge in [-0.25, -0.2) is 4.98 Å². The Balaban J connectivity index is 2.74. The zero-order valence-corrected chi connectivity index (χ0v) is 11.0. The molecule has 92 valence electrons. The van der Waals surface area contributed by atoms with Gasteiger partial charge in [-0.05, 0) is 38.0 Å². The van der Waals surface area contributed by atoms with Crippen molar-refractivity contribution in [3.8, 4) is 23.1 Å². The van der Waals surface area contributed by atoms with Crippen molar-refractivity contribution in [2.24, 2.45) is 0 Å². The molecule has 0 unspecified atom stereocenters. The molecule has 0 bridgehead atoms. The van der Waals surface area contributed by atoms with Gasteiger partial charge in [0.2, 0.25) is 0 Å². The molecule has 1 aromatic heterocycles. The van der Waals surface area contributed by atoms with Gasteiger partial charge in [0.15, 0.2) is 5.69 Å². The van der Waals surface area contributed by atoms with E-state index < -0.39 is 0 Å². The Morgan fingerprint density at radius 2 is 2.00 bits per heavy atom. The third-order valence-electron chi connectivity index (χ3n) is 2.82. The molecule has 4 nitrogen and oxygen atoms in total. The van der Waals surface area contributed by atoms with Gasteiger partial charge in [0, 0.05) is 5.56 Å². The van der Waals surface area contributed by atoms with Crippen LogP contribution < -0.4 is 4.74 Å². The highest BCUT2D eigenvalue weighted by molar-refractivity contribution is 5.73. The molecule has 0 radical (unpaired) electrons. The summed E-state index contributed by atoms with van der Waals surface area (Å²) in [6.07, 6.45) is 0. The predicted octanol–water partition coefficient (Wildman–Crippen LogP) is 2.88. The minimum absolute atomic E-state index is 0.399. The molecule has 0 amide bonds. The van der Waals surface area contributed by atoms with E-state index in [4.69, 9.17) is 10.00 Å². The number of hydrogen-bond acceptors (Lipinski definition) is 3. The molecular formula is C14H15N3O. The van der Waals surface area contributed by atoms with Crippen LogP contribution in [0.3, 0.4) is 0 Å². The Morgan fingerprint density at radius 1 is 1.28 bits per heavy atom. The molecule has 0 fully saturated rings. The number of aromatic nitrogens is 2. The van der Waals surface area contributed by atoms with Crippen LogP contribution in [-0.2, 0) is 0 Å². The van der Waals surface area contributed by atoms with Crippen LogP contribution in [0.5, 0.6) is 5.75 Å². The first-order valence-electron chi connectivity index (χ1n) is 5.69. The molecule has 1 heterocycles. The van der Waals surface area contributed by atoms with E-state index in [9.17, 15) is 0 Å². The lowest BCUT2D eigenvalue weighted by Crippen LogP contribution is -1.94. The number of nitrogens with zero attached hydrogens (tertiary/aromatic N) is 2. The summed E-state index contributed by atoms with van der Waals surface area (Å²) < 4.78 is 5.44. The summed E-state index contributed by atoms with van der Waals surface area (Å²) in [6, 6.07) is 6.16. The van der Waals surface area contributed by atoms with Crippen molar-refractivity contribution in [3.63, 3.8) is 0 Å². The number of H-pyrrole nitrogens is 1. The fourth-order valence-corrected chi connectivity index (χ4v) is 2.18. The molecule has 2 aromatic rings. The summed E-state index contributed by atoms with van der Waals surface area (Å²) >= 11 is 0. The second-order valence-electron chi connectivity index (χ2n) is 4.32. The highest BCUT2D eigenvalue weighted by Gasteiger charge is 2.16. The molecule has 4 heteroatoms. The average molecular weight is 241 g/mol. The highest BCUT2D eigenvalue weighted by atomic mass is 16.5. The zero-order chi connectivity index (χ0) is 13.3. The first kappa shape index (κ1) is 12.2.